The van der Waals surface area contributed by atoms with Crippen LogP contribution in [0.2, 0.25) is 0 Å². The lowest BCUT2D eigenvalue weighted by atomic mass is 10.2. The predicted molar refractivity (Wildman–Crippen MR) is 110 cm³/mol. The van der Waals surface area contributed by atoms with Crippen molar-refractivity contribution in [3.05, 3.63) is 64.6 Å². The molecule has 2 aromatic rings. The maximum Gasteiger partial charge on any atom is 0.293 e. The molecular formula is C21H20N2O4S. The van der Waals surface area contributed by atoms with Crippen molar-refractivity contribution in [3.63, 3.8) is 0 Å². The zero-order valence-corrected chi connectivity index (χ0v) is 16.4. The topological polar surface area (TPSA) is 75.7 Å². The van der Waals surface area contributed by atoms with Crippen molar-refractivity contribution >= 4 is 40.6 Å². The molecule has 7 heteroatoms. The first-order valence-electron chi connectivity index (χ1n) is 8.72. The molecule has 1 N–H and O–H groups in total. The van der Waals surface area contributed by atoms with E-state index in [1.807, 2.05) is 43.3 Å². The largest absolute Gasteiger partial charge is 0.497 e. The number of hydrogen-bond donors (Lipinski definition) is 1. The lowest BCUT2D eigenvalue weighted by Gasteiger charge is -2.12. The summed E-state index contributed by atoms with van der Waals surface area (Å²) < 4.78 is 5.10. The molecule has 2 aromatic carbocycles. The van der Waals surface area contributed by atoms with Gasteiger partial charge in [0.1, 0.15) is 5.75 Å². The Bertz CT molecular complexity index is 920. The molecule has 28 heavy (non-hydrogen) atoms. The third-order valence-corrected chi connectivity index (χ3v) is 5.09. The quantitative estimate of drug-likeness (QED) is 0.745. The number of anilines is 1. The summed E-state index contributed by atoms with van der Waals surface area (Å²) in [4.78, 5) is 38.2. The SMILES string of the molecule is COc1ccc(C=C2SC(=O)N(CCC(=O)Nc3ccc(C)cc3)C2=O)cc1. The maximum atomic E-state index is 12.5. The Balaban J connectivity index is 1.59. The summed E-state index contributed by atoms with van der Waals surface area (Å²) >= 11 is 0.879. The molecule has 1 heterocycles. The highest BCUT2D eigenvalue weighted by molar-refractivity contribution is 8.18. The van der Waals surface area contributed by atoms with Crippen molar-refractivity contribution in [1.29, 1.82) is 0 Å². The van der Waals surface area contributed by atoms with Crippen LogP contribution in [-0.4, -0.2) is 35.6 Å². The van der Waals surface area contributed by atoms with Crippen molar-refractivity contribution in [3.8, 4) is 5.75 Å². The van der Waals surface area contributed by atoms with E-state index in [9.17, 15) is 14.4 Å². The molecule has 1 aliphatic rings. The number of nitrogens with zero attached hydrogens (tertiary/aromatic N) is 1. The summed E-state index contributed by atoms with van der Waals surface area (Å²) in [5.74, 6) is 0.0841. The van der Waals surface area contributed by atoms with Crippen LogP contribution in [0.5, 0.6) is 5.75 Å². The van der Waals surface area contributed by atoms with E-state index in [-0.39, 0.29) is 30.0 Å². The number of carbonyl (C=O) groups excluding carboxylic acids is 3. The first-order chi connectivity index (χ1) is 13.5. The van der Waals surface area contributed by atoms with Crippen LogP contribution in [0.1, 0.15) is 17.5 Å². The Morgan fingerprint density at radius 2 is 1.79 bits per heavy atom. The molecule has 0 atom stereocenters. The van der Waals surface area contributed by atoms with Crippen LogP contribution in [0.25, 0.3) is 6.08 Å². The fourth-order valence-electron chi connectivity index (χ4n) is 2.62. The van der Waals surface area contributed by atoms with Gasteiger partial charge in [-0.25, -0.2) is 0 Å². The van der Waals surface area contributed by atoms with Crippen LogP contribution in [-0.2, 0) is 9.59 Å². The molecule has 144 valence electrons. The van der Waals surface area contributed by atoms with Crippen molar-refractivity contribution < 1.29 is 19.1 Å². The van der Waals surface area contributed by atoms with Crippen LogP contribution in [0.4, 0.5) is 10.5 Å². The summed E-state index contributed by atoms with van der Waals surface area (Å²) in [5.41, 5.74) is 2.58. The highest BCUT2D eigenvalue weighted by atomic mass is 32.2. The van der Waals surface area contributed by atoms with Crippen LogP contribution < -0.4 is 10.1 Å². The Labute approximate surface area is 167 Å². The molecule has 1 saturated heterocycles. The van der Waals surface area contributed by atoms with Crippen molar-refractivity contribution in [2.24, 2.45) is 0 Å². The number of imide groups is 1. The lowest BCUT2D eigenvalue weighted by Crippen LogP contribution is -2.31. The molecule has 0 aromatic heterocycles. The van der Waals surface area contributed by atoms with E-state index in [0.717, 1.165) is 27.8 Å². The number of nitrogens with one attached hydrogen (secondary N) is 1. The van der Waals surface area contributed by atoms with Gasteiger partial charge in [0, 0.05) is 18.7 Å². The van der Waals surface area contributed by atoms with Crippen LogP contribution in [0.3, 0.4) is 0 Å². The van der Waals surface area contributed by atoms with Gasteiger partial charge in [-0.15, -0.1) is 0 Å². The zero-order chi connectivity index (χ0) is 20.1. The Hall–Kier alpha value is -3.06. The number of aryl methyl sites for hydroxylation is 1. The third-order valence-electron chi connectivity index (χ3n) is 4.18. The lowest BCUT2D eigenvalue weighted by molar-refractivity contribution is -0.123. The average Bonchev–Trinajstić information content (AvgIpc) is 2.95. The van der Waals surface area contributed by atoms with Crippen molar-refractivity contribution in [2.45, 2.75) is 13.3 Å². The second-order valence-electron chi connectivity index (χ2n) is 6.27. The smallest absolute Gasteiger partial charge is 0.293 e. The maximum absolute atomic E-state index is 12.5. The number of thioether (sulfide) groups is 1. The van der Waals surface area contributed by atoms with E-state index in [2.05, 4.69) is 5.32 Å². The molecule has 0 aliphatic carbocycles. The summed E-state index contributed by atoms with van der Waals surface area (Å²) in [5, 5.41) is 2.40. The molecule has 1 fully saturated rings. The number of benzene rings is 2. The zero-order valence-electron chi connectivity index (χ0n) is 15.6. The number of ether oxygens (including phenoxy) is 1. The van der Waals surface area contributed by atoms with Gasteiger partial charge in [-0.2, -0.15) is 0 Å². The fraction of sp³-hybridized carbons (Fsp3) is 0.190. The van der Waals surface area contributed by atoms with E-state index in [4.69, 9.17) is 4.74 Å². The van der Waals surface area contributed by atoms with E-state index in [1.54, 1.807) is 25.3 Å². The second kappa shape index (κ2) is 8.75. The van der Waals surface area contributed by atoms with Crippen LogP contribution in [0.15, 0.2) is 53.4 Å². The number of rotatable bonds is 6. The van der Waals surface area contributed by atoms with Gasteiger partial charge < -0.3 is 10.1 Å². The van der Waals surface area contributed by atoms with Crippen molar-refractivity contribution in [2.75, 3.05) is 19.0 Å². The average molecular weight is 396 g/mol. The normalized spacial score (nSPS) is 15.2. The minimum absolute atomic E-state index is 0.0434. The Morgan fingerprint density at radius 3 is 2.43 bits per heavy atom. The molecule has 3 amide bonds. The Kier molecular flexibility index (Phi) is 6.16. The minimum atomic E-state index is -0.381. The second-order valence-corrected chi connectivity index (χ2v) is 7.26. The minimum Gasteiger partial charge on any atom is -0.497 e. The molecular weight excluding hydrogens is 376 g/mol. The van der Waals surface area contributed by atoms with E-state index in [1.165, 1.54) is 0 Å². The van der Waals surface area contributed by atoms with Crippen LogP contribution >= 0.6 is 11.8 Å². The molecule has 3 rings (SSSR count). The summed E-state index contributed by atoms with van der Waals surface area (Å²) in [6.45, 7) is 2.01. The number of methoxy groups -OCH3 is 1. The van der Waals surface area contributed by atoms with E-state index in [0.29, 0.717) is 16.3 Å². The Morgan fingerprint density at radius 1 is 1.11 bits per heavy atom. The summed E-state index contributed by atoms with van der Waals surface area (Å²) in [6, 6.07) is 14.6. The predicted octanol–water partition coefficient (Wildman–Crippen LogP) is 4.07. The fourth-order valence-corrected chi connectivity index (χ4v) is 3.48. The van der Waals surface area contributed by atoms with Gasteiger partial charge in [-0.3, -0.25) is 19.3 Å². The molecule has 0 bridgehead atoms. The highest BCUT2D eigenvalue weighted by Crippen LogP contribution is 2.32. The molecule has 0 unspecified atom stereocenters. The van der Waals surface area contributed by atoms with Gasteiger partial charge >= 0.3 is 0 Å². The highest BCUT2D eigenvalue weighted by Gasteiger charge is 2.35. The van der Waals surface area contributed by atoms with Gasteiger partial charge in [0.2, 0.25) is 5.91 Å². The van der Waals surface area contributed by atoms with E-state index < -0.39 is 0 Å². The molecule has 0 saturated carbocycles. The monoisotopic (exact) mass is 396 g/mol. The van der Waals surface area contributed by atoms with Crippen molar-refractivity contribution in [1.82, 2.24) is 4.90 Å². The molecule has 0 radical (unpaired) electrons. The summed E-state index contributed by atoms with van der Waals surface area (Å²) in [6.07, 6.45) is 1.71. The molecule has 0 spiro atoms. The van der Waals surface area contributed by atoms with Gasteiger partial charge in [0.15, 0.2) is 0 Å². The van der Waals surface area contributed by atoms with Crippen LogP contribution in [0, 0.1) is 6.92 Å². The standard InChI is InChI=1S/C21H20N2O4S/c1-14-3-7-16(8-4-14)22-19(24)11-12-23-20(25)18(28-21(23)26)13-15-5-9-17(27-2)10-6-15/h3-10,13H,11-12H2,1-2H3,(H,22,24). The van der Waals surface area contributed by atoms with Gasteiger partial charge in [0.25, 0.3) is 11.1 Å². The first kappa shape index (κ1) is 19.7. The van der Waals surface area contributed by atoms with Gasteiger partial charge in [-0.05, 0) is 54.6 Å². The van der Waals surface area contributed by atoms with Gasteiger partial charge in [0.05, 0.1) is 12.0 Å². The third kappa shape index (κ3) is 4.80. The van der Waals surface area contributed by atoms with E-state index >= 15 is 0 Å². The van der Waals surface area contributed by atoms with Gasteiger partial charge in [-0.1, -0.05) is 29.8 Å². The number of carbonyl (C=O) groups is 3. The summed E-state index contributed by atoms with van der Waals surface area (Å²) in [7, 11) is 1.58. The molecule has 6 nitrogen and oxygen atoms in total. The number of hydrogen-bond acceptors (Lipinski definition) is 5. The number of amides is 3. The first-order valence-corrected chi connectivity index (χ1v) is 9.54. The molecule has 1 aliphatic heterocycles.